The largest absolute Gasteiger partial charge is 0.332 e. The molecule has 2 aliphatic heterocycles. The number of hydrogen-bond donors (Lipinski definition) is 0. The first-order chi connectivity index (χ1) is 15.8. The van der Waals surface area contributed by atoms with Crippen LogP contribution in [-0.2, 0) is 14.6 Å². The first kappa shape index (κ1) is 21.2. The van der Waals surface area contributed by atoms with Crippen LogP contribution in [0.25, 0.3) is 0 Å². The van der Waals surface area contributed by atoms with E-state index in [9.17, 15) is 4.79 Å². The molecule has 0 aromatic heterocycles. The highest BCUT2D eigenvalue weighted by Crippen LogP contribution is 2.38. The number of piperidine rings is 1. The number of carbonyl (C=O) groups is 1. The predicted octanol–water partition coefficient (Wildman–Crippen LogP) is 5.06. The molecule has 2 aromatic carbocycles. The molecule has 2 heterocycles. The van der Waals surface area contributed by atoms with Crippen LogP contribution in [0, 0.1) is 0 Å². The molecule has 2 fully saturated rings. The molecule has 0 bridgehead atoms. The summed E-state index contributed by atoms with van der Waals surface area (Å²) in [6.07, 6.45) is 8.83. The molecule has 1 amide bonds. The molecule has 5 heteroatoms. The molecule has 0 radical (unpaired) electrons. The smallest absolute Gasteiger partial charge is 0.297 e. The van der Waals surface area contributed by atoms with Gasteiger partial charge in [0.25, 0.3) is 5.91 Å². The van der Waals surface area contributed by atoms with Crippen LogP contribution >= 0.6 is 0 Å². The summed E-state index contributed by atoms with van der Waals surface area (Å²) in [5.74, 6) is 0.808. The average Bonchev–Trinajstić information content (AvgIpc) is 3.41. The van der Waals surface area contributed by atoms with Gasteiger partial charge in [-0.3, -0.25) is 9.69 Å². The maximum atomic E-state index is 13.3. The molecule has 1 aliphatic carbocycles. The summed E-state index contributed by atoms with van der Waals surface area (Å²) in [7, 11) is 0. The summed E-state index contributed by atoms with van der Waals surface area (Å²) in [6, 6.07) is 21.8. The third-order valence-electron chi connectivity index (χ3n) is 7.24. The number of amides is 1. The number of rotatable bonds is 5. The Morgan fingerprint density at radius 3 is 2.25 bits per heavy atom. The minimum atomic E-state index is -0.105. The van der Waals surface area contributed by atoms with Gasteiger partial charge in [-0.1, -0.05) is 61.4 Å². The van der Waals surface area contributed by atoms with Crippen molar-refractivity contribution < 1.29 is 14.6 Å². The molecule has 2 aromatic rings. The Balaban J connectivity index is 1.31. The molecule has 0 N–H and O–H groups in total. The molecular formula is C27H32N2O3. The van der Waals surface area contributed by atoms with Gasteiger partial charge in [0.2, 0.25) is 5.76 Å². The number of benzene rings is 2. The first-order valence-corrected chi connectivity index (χ1v) is 12.0. The highest BCUT2D eigenvalue weighted by molar-refractivity contribution is 6.04. The number of likely N-dealkylation sites (tertiary alicyclic amines) is 1. The Hall–Kier alpha value is -2.63. The molecular weight excluding hydrogens is 400 g/mol. The van der Waals surface area contributed by atoms with Gasteiger partial charge in [0.05, 0.1) is 0 Å². The maximum absolute atomic E-state index is 13.3. The molecule has 2 atom stereocenters. The third kappa shape index (κ3) is 4.45. The van der Waals surface area contributed by atoms with E-state index in [1.807, 2.05) is 35.2 Å². The van der Waals surface area contributed by atoms with E-state index >= 15 is 0 Å². The van der Waals surface area contributed by atoms with Gasteiger partial charge in [0, 0.05) is 30.9 Å². The van der Waals surface area contributed by atoms with Gasteiger partial charge in [-0.05, 0) is 55.4 Å². The quantitative estimate of drug-likeness (QED) is 0.620. The molecule has 0 unspecified atom stereocenters. The van der Waals surface area contributed by atoms with Crippen molar-refractivity contribution in [1.29, 1.82) is 0 Å². The Kier molecular flexibility index (Phi) is 6.56. The van der Waals surface area contributed by atoms with Crippen LogP contribution in [0.4, 0.5) is 5.69 Å². The third-order valence-corrected chi connectivity index (χ3v) is 7.24. The van der Waals surface area contributed by atoms with Crippen molar-refractivity contribution >= 4 is 11.6 Å². The summed E-state index contributed by atoms with van der Waals surface area (Å²) >= 11 is 0. The van der Waals surface area contributed by atoms with Crippen LogP contribution in [-0.4, -0.2) is 42.6 Å². The summed E-state index contributed by atoms with van der Waals surface area (Å²) < 4.78 is 0. The van der Waals surface area contributed by atoms with Gasteiger partial charge in [-0.2, -0.15) is 4.89 Å². The maximum Gasteiger partial charge on any atom is 0.297 e. The molecule has 3 aliphatic rings. The summed E-state index contributed by atoms with van der Waals surface area (Å²) in [5.41, 5.74) is 2.40. The van der Waals surface area contributed by atoms with Crippen LogP contribution in [0.1, 0.15) is 50.0 Å². The summed E-state index contributed by atoms with van der Waals surface area (Å²) in [5, 5.41) is 0. The molecule has 5 rings (SSSR count). The van der Waals surface area contributed by atoms with Crippen molar-refractivity contribution in [2.24, 2.45) is 0 Å². The second kappa shape index (κ2) is 9.88. The van der Waals surface area contributed by atoms with Gasteiger partial charge >= 0.3 is 0 Å². The predicted molar refractivity (Wildman–Crippen MR) is 125 cm³/mol. The highest BCUT2D eigenvalue weighted by Gasteiger charge is 2.37. The monoisotopic (exact) mass is 432 g/mol. The molecule has 1 saturated carbocycles. The van der Waals surface area contributed by atoms with E-state index in [0.29, 0.717) is 24.3 Å². The molecule has 0 spiro atoms. The SMILES string of the molecule is O=C(C1=CCOO1)N(c1ccccc1)C1CCN([C@@H]2CCCC[C@@H]2c2ccccc2)CC1. The Bertz CT molecular complexity index is 922. The topological polar surface area (TPSA) is 42.0 Å². The normalized spacial score (nSPS) is 24.6. The van der Waals surface area contributed by atoms with Crippen LogP contribution in [0.15, 0.2) is 72.5 Å². The number of nitrogens with zero attached hydrogens (tertiary/aromatic N) is 2. The number of anilines is 1. The highest BCUT2D eigenvalue weighted by atomic mass is 17.2. The lowest BCUT2D eigenvalue weighted by molar-refractivity contribution is -0.233. The van der Waals surface area contributed by atoms with E-state index in [4.69, 9.17) is 9.78 Å². The second-order valence-electron chi connectivity index (χ2n) is 9.08. The molecule has 32 heavy (non-hydrogen) atoms. The zero-order valence-electron chi connectivity index (χ0n) is 18.6. The first-order valence-electron chi connectivity index (χ1n) is 12.0. The van der Waals surface area contributed by atoms with Crippen LogP contribution < -0.4 is 4.90 Å². The van der Waals surface area contributed by atoms with E-state index in [1.165, 1.54) is 31.2 Å². The Morgan fingerprint density at radius 2 is 1.56 bits per heavy atom. The summed E-state index contributed by atoms with van der Waals surface area (Å²) in [4.78, 5) is 28.0. The van der Waals surface area contributed by atoms with Crippen molar-refractivity contribution in [2.45, 2.75) is 56.5 Å². The van der Waals surface area contributed by atoms with E-state index in [0.717, 1.165) is 31.6 Å². The minimum Gasteiger partial charge on any atom is -0.332 e. The summed E-state index contributed by atoms with van der Waals surface area (Å²) in [6.45, 7) is 2.36. The van der Waals surface area contributed by atoms with Gasteiger partial charge < -0.3 is 9.79 Å². The Morgan fingerprint density at radius 1 is 0.875 bits per heavy atom. The van der Waals surface area contributed by atoms with Crippen LogP contribution in [0.3, 0.4) is 0 Å². The van der Waals surface area contributed by atoms with Crippen LogP contribution in [0.2, 0.25) is 0 Å². The van der Waals surface area contributed by atoms with Gasteiger partial charge in [0.15, 0.2) is 0 Å². The van der Waals surface area contributed by atoms with Gasteiger partial charge in [0.1, 0.15) is 6.61 Å². The van der Waals surface area contributed by atoms with Crippen LogP contribution in [0.5, 0.6) is 0 Å². The van der Waals surface area contributed by atoms with Crippen molar-refractivity contribution in [3.63, 3.8) is 0 Å². The number of hydrogen-bond acceptors (Lipinski definition) is 4. The van der Waals surface area contributed by atoms with Crippen molar-refractivity contribution in [2.75, 3.05) is 24.6 Å². The fraction of sp³-hybridized carbons (Fsp3) is 0.444. The Labute approximate surface area is 190 Å². The van der Waals surface area contributed by atoms with Crippen molar-refractivity contribution in [3.05, 3.63) is 78.1 Å². The van der Waals surface area contributed by atoms with Crippen molar-refractivity contribution in [1.82, 2.24) is 4.90 Å². The lowest BCUT2D eigenvalue weighted by Gasteiger charge is -2.45. The van der Waals surface area contributed by atoms with Crippen molar-refractivity contribution in [3.8, 4) is 0 Å². The molecule has 1 saturated heterocycles. The fourth-order valence-corrected chi connectivity index (χ4v) is 5.68. The van der Waals surface area contributed by atoms with Gasteiger partial charge in [-0.25, -0.2) is 0 Å². The lowest BCUT2D eigenvalue weighted by Crippen LogP contribution is -2.52. The van der Waals surface area contributed by atoms with E-state index < -0.39 is 0 Å². The van der Waals surface area contributed by atoms with E-state index in [-0.39, 0.29) is 11.9 Å². The number of carbonyl (C=O) groups excluding carboxylic acids is 1. The zero-order valence-corrected chi connectivity index (χ0v) is 18.6. The molecule has 5 nitrogen and oxygen atoms in total. The van der Waals surface area contributed by atoms with Gasteiger partial charge in [-0.15, -0.1) is 0 Å². The molecule has 168 valence electrons. The number of para-hydroxylation sites is 1. The lowest BCUT2D eigenvalue weighted by atomic mass is 9.78. The standard InChI is InChI=1S/C27H32N2O3/c30-27(26-17-20-31-32-26)29(22-11-5-2-6-12-22)23-15-18-28(19-16-23)25-14-8-7-13-24(25)21-9-3-1-4-10-21/h1-6,9-12,17,23-25H,7-8,13-16,18-20H2/t24-,25-/m1/s1. The fourth-order valence-electron chi connectivity index (χ4n) is 5.68. The van der Waals surface area contributed by atoms with E-state index in [1.54, 1.807) is 6.08 Å². The zero-order chi connectivity index (χ0) is 21.8. The second-order valence-corrected chi connectivity index (χ2v) is 9.08. The minimum absolute atomic E-state index is 0.105. The average molecular weight is 433 g/mol. The van der Waals surface area contributed by atoms with E-state index in [2.05, 4.69) is 35.2 Å².